The third kappa shape index (κ3) is 3.76. The lowest BCUT2D eigenvalue weighted by atomic mass is 9.40. The molecule has 3 saturated carbocycles. The molecule has 5 nitrogen and oxygen atoms in total. The molecule has 0 bridgehead atoms. The van der Waals surface area contributed by atoms with Crippen LogP contribution < -0.4 is 0 Å². The number of aliphatic hydroxyl groups is 1. The first-order chi connectivity index (χ1) is 19.0. The maximum Gasteiger partial charge on any atom is 0.226 e. The number of hydrogen-bond acceptors (Lipinski definition) is 6. The molecule has 40 heavy (non-hydrogen) atoms. The second-order valence-electron chi connectivity index (χ2n) is 13.5. The van der Waals surface area contributed by atoms with Gasteiger partial charge in [-0.15, -0.1) is 0 Å². The van der Waals surface area contributed by atoms with Crippen LogP contribution in [-0.4, -0.2) is 45.3 Å². The lowest BCUT2D eigenvalue weighted by molar-refractivity contribution is -0.260. The first-order valence-corrected chi connectivity index (χ1v) is 15.9. The number of carbonyl (C=O) groups excluding carboxylic acids is 2. The summed E-state index contributed by atoms with van der Waals surface area (Å²) in [4.78, 5) is 32.9. The topological polar surface area (TPSA) is 66.8 Å². The zero-order valence-electron chi connectivity index (χ0n) is 24.1. The Labute approximate surface area is 241 Å². The molecule has 1 heterocycles. The zero-order valence-corrected chi connectivity index (χ0v) is 24.9. The predicted octanol–water partition coefficient (Wildman–Crippen LogP) is 6.21. The van der Waals surface area contributed by atoms with Crippen LogP contribution in [0.3, 0.4) is 0 Å². The number of fused-ring (bicyclic) bond motifs is 7. The van der Waals surface area contributed by atoms with Gasteiger partial charge in [0, 0.05) is 35.3 Å². The van der Waals surface area contributed by atoms with Crippen LogP contribution in [0.15, 0.2) is 48.1 Å². The third-order valence-corrected chi connectivity index (χ3v) is 12.5. The fraction of sp³-hybridized carbons (Fsp3) is 0.636. The number of alkyl halides is 1. The number of hydrogen-bond donors (Lipinski definition) is 1. The number of benzene rings is 1. The highest BCUT2D eigenvalue weighted by Gasteiger charge is 2.77. The summed E-state index contributed by atoms with van der Waals surface area (Å²) in [7, 11) is 0. The van der Waals surface area contributed by atoms with Crippen LogP contribution in [0, 0.1) is 34.0 Å². The summed E-state index contributed by atoms with van der Waals surface area (Å²) in [6.45, 7) is 9.81. The fourth-order valence-electron chi connectivity index (χ4n) is 9.65. The highest BCUT2D eigenvalue weighted by molar-refractivity contribution is 8.13. The molecule has 1 saturated heterocycles. The van der Waals surface area contributed by atoms with Crippen LogP contribution in [0.1, 0.15) is 70.9 Å². The summed E-state index contributed by atoms with van der Waals surface area (Å²) in [5, 5.41) is 13.7. The molecule has 1 aromatic rings. The van der Waals surface area contributed by atoms with E-state index in [1.807, 2.05) is 11.1 Å². The highest BCUT2D eigenvalue weighted by atomic mass is 32.2. The van der Waals surface area contributed by atoms with Crippen molar-refractivity contribution in [1.29, 1.82) is 0 Å². The Morgan fingerprint density at radius 3 is 2.60 bits per heavy atom. The van der Waals surface area contributed by atoms with Gasteiger partial charge in [-0.1, -0.05) is 81.8 Å². The quantitative estimate of drug-likeness (QED) is 0.441. The van der Waals surface area contributed by atoms with E-state index in [0.29, 0.717) is 31.3 Å². The number of ketones is 1. The van der Waals surface area contributed by atoms with Gasteiger partial charge in [-0.3, -0.25) is 14.4 Å². The van der Waals surface area contributed by atoms with Gasteiger partial charge < -0.3 is 5.11 Å². The SMILES string of the molecule is CCCc1ccc(CN2CC3CC4C5CCC6=CC(=O)C=CC6(C)C5(C)C(O)CC4(C)C3(C(=O)SCF)O2)cc1. The number of carbonyl (C=O) groups is 2. The van der Waals surface area contributed by atoms with Crippen LogP contribution in [-0.2, 0) is 27.4 Å². The van der Waals surface area contributed by atoms with Gasteiger partial charge in [-0.25, -0.2) is 4.39 Å². The van der Waals surface area contributed by atoms with Crippen molar-refractivity contribution in [2.24, 2.45) is 34.0 Å². The van der Waals surface area contributed by atoms with E-state index in [1.54, 1.807) is 12.2 Å². The summed E-state index contributed by atoms with van der Waals surface area (Å²) in [5.41, 5.74) is 0.823. The Morgan fingerprint density at radius 2 is 1.90 bits per heavy atom. The summed E-state index contributed by atoms with van der Waals surface area (Å²) in [6, 6.07) is 7.79. The van der Waals surface area contributed by atoms with E-state index in [2.05, 4.69) is 52.0 Å². The van der Waals surface area contributed by atoms with Gasteiger partial charge in [0.25, 0.3) is 0 Å². The normalized spacial score (nSPS) is 42.1. The molecular formula is C33H42FNO4S. The smallest absolute Gasteiger partial charge is 0.226 e. The molecule has 0 amide bonds. The molecule has 0 spiro atoms. The van der Waals surface area contributed by atoms with Crippen LogP contribution >= 0.6 is 11.8 Å². The number of thioether (sulfide) groups is 1. The lowest BCUT2D eigenvalue weighted by Gasteiger charge is -2.65. The molecule has 8 unspecified atom stereocenters. The van der Waals surface area contributed by atoms with Crippen molar-refractivity contribution in [3.05, 3.63) is 59.2 Å². The van der Waals surface area contributed by atoms with Crippen molar-refractivity contribution in [1.82, 2.24) is 5.06 Å². The van der Waals surface area contributed by atoms with Gasteiger partial charge in [0.2, 0.25) is 5.12 Å². The van der Waals surface area contributed by atoms with Crippen molar-refractivity contribution in [2.45, 2.75) is 84.5 Å². The molecule has 6 rings (SSSR count). The molecular weight excluding hydrogens is 525 g/mol. The highest BCUT2D eigenvalue weighted by Crippen LogP contribution is 2.74. The van der Waals surface area contributed by atoms with E-state index >= 15 is 0 Å². The van der Waals surface area contributed by atoms with Gasteiger partial charge in [-0.2, -0.15) is 5.06 Å². The molecule has 4 fully saturated rings. The molecule has 8 atom stereocenters. The average molecular weight is 568 g/mol. The molecule has 7 heteroatoms. The maximum atomic E-state index is 13.9. The van der Waals surface area contributed by atoms with Gasteiger partial charge in [0.05, 0.1) is 6.10 Å². The first-order valence-electron chi connectivity index (χ1n) is 14.9. The number of halogens is 1. The Kier molecular flexibility index (Phi) is 7.00. The minimum absolute atomic E-state index is 0.0151. The predicted molar refractivity (Wildman–Crippen MR) is 155 cm³/mol. The molecule has 1 aliphatic heterocycles. The Bertz CT molecular complexity index is 1260. The van der Waals surface area contributed by atoms with E-state index < -0.39 is 34.0 Å². The lowest BCUT2D eigenvalue weighted by Crippen LogP contribution is -2.66. The number of nitrogens with zero attached hydrogens (tertiary/aromatic N) is 1. The number of allylic oxidation sites excluding steroid dienone is 4. The van der Waals surface area contributed by atoms with Crippen molar-refractivity contribution in [3.63, 3.8) is 0 Å². The maximum absolute atomic E-state index is 13.9. The monoisotopic (exact) mass is 567 g/mol. The average Bonchev–Trinajstić information content (AvgIpc) is 3.39. The van der Waals surface area contributed by atoms with Gasteiger partial charge >= 0.3 is 0 Å². The standard InChI is InChI=1S/C33H42FNO4S/c1-5-6-21-7-9-22(10-8-21)18-35-19-24-16-27-26-12-11-23-15-25(36)13-14-30(23,2)32(26,4)28(37)17-31(27,3)33(24,39-35)29(38)40-20-34/h7-10,13-15,24,26-28,37H,5-6,11-12,16-20H2,1-4H3. The Morgan fingerprint density at radius 1 is 1.18 bits per heavy atom. The second kappa shape index (κ2) is 9.89. The van der Waals surface area contributed by atoms with E-state index in [-0.39, 0.29) is 28.7 Å². The van der Waals surface area contributed by atoms with Crippen LogP contribution in [0.4, 0.5) is 4.39 Å². The molecule has 4 aliphatic carbocycles. The molecule has 1 N–H and O–H groups in total. The number of hydroxylamine groups is 2. The van der Waals surface area contributed by atoms with Crippen molar-refractivity contribution < 1.29 is 23.9 Å². The second-order valence-corrected chi connectivity index (χ2v) is 14.3. The number of aryl methyl sites for hydroxylation is 1. The molecule has 216 valence electrons. The number of aliphatic hydroxyl groups excluding tert-OH is 1. The number of rotatable bonds is 6. The molecule has 0 aromatic heterocycles. The summed E-state index contributed by atoms with van der Waals surface area (Å²) in [5.74, 6) is 0.238. The fourth-order valence-corrected chi connectivity index (χ4v) is 10.4. The summed E-state index contributed by atoms with van der Waals surface area (Å²) >= 11 is 0.716. The van der Waals surface area contributed by atoms with Crippen LogP contribution in [0.2, 0.25) is 0 Å². The Hall–Kier alpha value is -1.80. The van der Waals surface area contributed by atoms with Crippen molar-refractivity contribution in [3.8, 4) is 0 Å². The molecule has 0 radical (unpaired) electrons. The van der Waals surface area contributed by atoms with Crippen LogP contribution in [0.25, 0.3) is 0 Å². The van der Waals surface area contributed by atoms with Gasteiger partial charge in [-0.05, 0) is 67.2 Å². The van der Waals surface area contributed by atoms with Gasteiger partial charge in [0.1, 0.15) is 6.01 Å². The summed E-state index contributed by atoms with van der Waals surface area (Å²) < 4.78 is 13.7. The van der Waals surface area contributed by atoms with Crippen molar-refractivity contribution >= 4 is 22.7 Å². The van der Waals surface area contributed by atoms with E-state index in [4.69, 9.17) is 4.84 Å². The molecule has 1 aromatic carbocycles. The summed E-state index contributed by atoms with van der Waals surface area (Å²) in [6.07, 6.45) is 9.76. The largest absolute Gasteiger partial charge is 0.392 e. The minimum Gasteiger partial charge on any atom is -0.392 e. The van der Waals surface area contributed by atoms with E-state index in [9.17, 15) is 19.1 Å². The van der Waals surface area contributed by atoms with Gasteiger partial charge in [0.15, 0.2) is 11.4 Å². The Balaban J connectivity index is 1.34. The molecule has 5 aliphatic rings. The third-order valence-electron chi connectivity index (χ3n) is 11.9. The zero-order chi connectivity index (χ0) is 28.5. The van der Waals surface area contributed by atoms with E-state index in [1.165, 1.54) is 5.56 Å². The van der Waals surface area contributed by atoms with Crippen LogP contribution in [0.5, 0.6) is 0 Å². The van der Waals surface area contributed by atoms with E-state index in [0.717, 1.165) is 43.2 Å². The first kappa shape index (κ1) is 28.3. The minimum atomic E-state index is -1.17. The van der Waals surface area contributed by atoms with Crippen molar-refractivity contribution in [2.75, 3.05) is 12.6 Å².